The summed E-state index contributed by atoms with van der Waals surface area (Å²) in [4.78, 5) is 4.94. The van der Waals surface area contributed by atoms with E-state index in [1.54, 1.807) is 12.1 Å². The van der Waals surface area contributed by atoms with Crippen LogP contribution in [0.15, 0.2) is 29.0 Å². The van der Waals surface area contributed by atoms with Gasteiger partial charge in [-0.25, -0.2) is 9.37 Å². The molecule has 0 amide bonds. The first-order chi connectivity index (χ1) is 12.9. The van der Waals surface area contributed by atoms with Crippen molar-refractivity contribution in [3.63, 3.8) is 0 Å². The third-order valence-corrected chi connectivity index (χ3v) is 7.65. The van der Waals surface area contributed by atoms with E-state index in [0.29, 0.717) is 25.0 Å². The molecule has 1 spiro atoms. The van der Waals surface area contributed by atoms with E-state index in [9.17, 15) is 4.39 Å². The summed E-state index contributed by atoms with van der Waals surface area (Å²) in [5.41, 5.74) is 3.15. The molecule has 1 aromatic heterocycles. The molecule has 0 N–H and O–H groups in total. The van der Waals surface area contributed by atoms with Gasteiger partial charge in [-0.05, 0) is 59.3 Å². The molecule has 2 aromatic rings. The van der Waals surface area contributed by atoms with Crippen molar-refractivity contribution in [2.24, 2.45) is 11.8 Å². The van der Waals surface area contributed by atoms with Gasteiger partial charge in [-0.1, -0.05) is 19.9 Å². The van der Waals surface area contributed by atoms with Crippen LogP contribution in [-0.4, -0.2) is 28.6 Å². The van der Waals surface area contributed by atoms with Gasteiger partial charge in [0.15, 0.2) is 10.5 Å². The molecule has 27 heavy (non-hydrogen) atoms. The number of halogens is 2. The van der Waals surface area contributed by atoms with Gasteiger partial charge in [0.05, 0.1) is 24.6 Å². The first-order valence-corrected chi connectivity index (χ1v) is 10.6. The Morgan fingerprint density at radius 2 is 2.04 bits per heavy atom. The van der Waals surface area contributed by atoms with Gasteiger partial charge in [-0.15, -0.1) is 0 Å². The highest BCUT2D eigenvalue weighted by atomic mass is 79.9. The van der Waals surface area contributed by atoms with E-state index in [1.165, 1.54) is 11.8 Å². The second-order valence-corrected chi connectivity index (χ2v) is 9.06. The fraction of sp³-hybridized carbons (Fsp3) is 0.571. The number of benzene rings is 1. The lowest BCUT2D eigenvalue weighted by molar-refractivity contribution is -0.234. The lowest BCUT2D eigenvalue weighted by atomic mass is 9.55. The van der Waals surface area contributed by atoms with Gasteiger partial charge < -0.3 is 9.47 Å². The van der Waals surface area contributed by atoms with Crippen LogP contribution < -0.4 is 0 Å². The molecule has 2 heterocycles. The molecule has 0 radical (unpaired) electrons. The maximum atomic E-state index is 13.8. The quantitative estimate of drug-likeness (QED) is 0.648. The Kier molecular flexibility index (Phi) is 4.05. The molecule has 0 unspecified atom stereocenters. The van der Waals surface area contributed by atoms with E-state index in [0.717, 1.165) is 41.8 Å². The Balaban J connectivity index is 1.59. The van der Waals surface area contributed by atoms with Crippen molar-refractivity contribution in [3.8, 4) is 5.69 Å². The van der Waals surface area contributed by atoms with Crippen molar-refractivity contribution < 1.29 is 13.9 Å². The van der Waals surface area contributed by atoms with Crippen LogP contribution in [0.3, 0.4) is 0 Å². The van der Waals surface area contributed by atoms with Crippen molar-refractivity contribution in [1.29, 1.82) is 0 Å². The topological polar surface area (TPSA) is 36.3 Å². The molecule has 144 valence electrons. The highest BCUT2D eigenvalue weighted by molar-refractivity contribution is 9.10. The van der Waals surface area contributed by atoms with Crippen molar-refractivity contribution >= 4 is 15.9 Å². The SMILES string of the molecule is C[C@@H]1[C@H]2CCc3c(nc(Br)n3-c3cccc(F)c3)[C@]2(C)CCC12OCCO2. The molecular formula is C21H24BrFN2O2. The van der Waals surface area contributed by atoms with Crippen LogP contribution >= 0.6 is 15.9 Å². The number of fused-ring (bicyclic) bond motifs is 3. The highest BCUT2D eigenvalue weighted by Gasteiger charge is 2.58. The van der Waals surface area contributed by atoms with E-state index >= 15 is 0 Å². The summed E-state index contributed by atoms with van der Waals surface area (Å²) in [5.74, 6) is 0.138. The zero-order valence-electron chi connectivity index (χ0n) is 15.7. The van der Waals surface area contributed by atoms with Gasteiger partial charge in [0, 0.05) is 23.4 Å². The minimum absolute atomic E-state index is 0.0192. The Morgan fingerprint density at radius 1 is 1.26 bits per heavy atom. The Morgan fingerprint density at radius 3 is 2.78 bits per heavy atom. The molecule has 5 rings (SSSR count). The van der Waals surface area contributed by atoms with Gasteiger partial charge in [-0.2, -0.15) is 0 Å². The second-order valence-electron chi connectivity index (χ2n) is 8.35. The van der Waals surface area contributed by atoms with Crippen LogP contribution in [0.2, 0.25) is 0 Å². The van der Waals surface area contributed by atoms with Gasteiger partial charge in [0.2, 0.25) is 0 Å². The smallest absolute Gasteiger partial charge is 0.182 e. The largest absolute Gasteiger partial charge is 0.347 e. The van der Waals surface area contributed by atoms with Crippen molar-refractivity contribution in [3.05, 3.63) is 46.2 Å². The van der Waals surface area contributed by atoms with Gasteiger partial charge in [0.25, 0.3) is 0 Å². The molecule has 1 aliphatic heterocycles. The number of hydrogen-bond donors (Lipinski definition) is 0. The summed E-state index contributed by atoms with van der Waals surface area (Å²) < 4.78 is 28.8. The number of ether oxygens (including phenoxy) is 2. The van der Waals surface area contributed by atoms with E-state index in [1.807, 2.05) is 6.07 Å². The lowest BCUT2D eigenvalue weighted by Gasteiger charge is -2.53. The Labute approximate surface area is 167 Å². The summed E-state index contributed by atoms with van der Waals surface area (Å²) in [6.07, 6.45) is 3.87. The molecular weight excluding hydrogens is 411 g/mol. The van der Waals surface area contributed by atoms with Gasteiger partial charge >= 0.3 is 0 Å². The fourth-order valence-electron chi connectivity index (χ4n) is 5.73. The number of rotatable bonds is 1. The molecule has 6 heteroatoms. The molecule has 1 saturated heterocycles. The van der Waals surface area contributed by atoms with Crippen LogP contribution in [0.25, 0.3) is 5.69 Å². The number of nitrogens with zero attached hydrogens (tertiary/aromatic N) is 2. The van der Waals surface area contributed by atoms with Gasteiger partial charge in [-0.3, -0.25) is 4.57 Å². The predicted octanol–water partition coefficient (Wildman–Crippen LogP) is 4.77. The summed E-state index contributed by atoms with van der Waals surface area (Å²) in [7, 11) is 0. The van der Waals surface area contributed by atoms with Crippen LogP contribution in [0.5, 0.6) is 0 Å². The van der Waals surface area contributed by atoms with Crippen LogP contribution in [0.4, 0.5) is 4.39 Å². The maximum Gasteiger partial charge on any atom is 0.182 e. The number of imidazole rings is 1. The highest BCUT2D eigenvalue weighted by Crippen LogP contribution is 2.57. The molecule has 1 saturated carbocycles. The molecule has 4 nitrogen and oxygen atoms in total. The summed E-state index contributed by atoms with van der Waals surface area (Å²) in [6, 6.07) is 6.73. The molecule has 2 aliphatic carbocycles. The molecule has 3 aliphatic rings. The Bertz CT molecular complexity index is 892. The lowest BCUT2D eigenvalue weighted by Crippen LogP contribution is -2.55. The maximum absolute atomic E-state index is 13.8. The first-order valence-electron chi connectivity index (χ1n) is 9.76. The van der Waals surface area contributed by atoms with Crippen molar-refractivity contribution in [1.82, 2.24) is 9.55 Å². The van der Waals surface area contributed by atoms with Crippen molar-refractivity contribution in [2.75, 3.05) is 13.2 Å². The first kappa shape index (κ1) is 17.8. The van der Waals surface area contributed by atoms with E-state index < -0.39 is 5.79 Å². The third kappa shape index (κ3) is 2.49. The Hall–Kier alpha value is -1.24. The molecule has 3 atom stereocenters. The van der Waals surface area contributed by atoms with E-state index in [4.69, 9.17) is 14.5 Å². The minimum atomic E-state index is -0.413. The third-order valence-electron chi connectivity index (χ3n) is 7.12. The predicted molar refractivity (Wildman–Crippen MR) is 103 cm³/mol. The average Bonchev–Trinajstić information content (AvgIpc) is 3.24. The second kappa shape index (κ2) is 6.13. The number of hydrogen-bond acceptors (Lipinski definition) is 3. The van der Waals surface area contributed by atoms with E-state index in [2.05, 4.69) is 34.3 Å². The minimum Gasteiger partial charge on any atom is -0.347 e. The standard InChI is InChI=1S/C21H24BrFN2O2/c1-13-16-6-7-17-18(20(16,2)8-9-21(13)26-10-11-27-21)24-19(22)25(17)15-5-3-4-14(23)12-15/h3-5,12-13,16H,6-11H2,1-2H3/t13-,16-,20-/m1/s1. The average molecular weight is 435 g/mol. The summed E-state index contributed by atoms with van der Waals surface area (Å²) in [6.45, 7) is 6.00. The van der Waals surface area contributed by atoms with E-state index in [-0.39, 0.29) is 11.2 Å². The monoisotopic (exact) mass is 434 g/mol. The van der Waals surface area contributed by atoms with Crippen molar-refractivity contribution in [2.45, 2.75) is 50.7 Å². The molecule has 0 bridgehead atoms. The summed E-state index contributed by atoms with van der Waals surface area (Å²) in [5, 5.41) is 0. The molecule has 1 aromatic carbocycles. The number of aromatic nitrogens is 2. The zero-order valence-corrected chi connectivity index (χ0v) is 17.3. The normalized spacial score (nSPS) is 31.7. The summed E-state index contributed by atoms with van der Waals surface area (Å²) >= 11 is 3.63. The van der Waals surface area contributed by atoms with Crippen LogP contribution in [0.1, 0.15) is 44.5 Å². The van der Waals surface area contributed by atoms with Gasteiger partial charge in [0.1, 0.15) is 5.82 Å². The molecule has 2 fully saturated rings. The van der Waals surface area contributed by atoms with Crippen LogP contribution in [0, 0.1) is 17.7 Å². The zero-order chi connectivity index (χ0) is 18.8. The fourth-order valence-corrected chi connectivity index (χ4v) is 6.32. The van der Waals surface area contributed by atoms with Crippen LogP contribution in [-0.2, 0) is 21.3 Å².